The zero-order chi connectivity index (χ0) is 37.3. The fourth-order valence-corrected chi connectivity index (χ4v) is 7.66. The van der Waals surface area contributed by atoms with Crippen LogP contribution in [-0.4, -0.2) is 11.5 Å². The van der Waals surface area contributed by atoms with Crippen LogP contribution in [0.4, 0.5) is 0 Å². The summed E-state index contributed by atoms with van der Waals surface area (Å²) >= 11 is 0. The van der Waals surface area contributed by atoms with Crippen LogP contribution in [0.1, 0.15) is 23.1 Å². The highest BCUT2D eigenvalue weighted by Crippen LogP contribution is 2.36. The lowest BCUT2D eigenvalue weighted by molar-refractivity contribution is 0.669. The summed E-state index contributed by atoms with van der Waals surface area (Å²) in [6.45, 7) is 0. The molecule has 0 unspecified atom stereocenters. The van der Waals surface area contributed by atoms with Crippen LogP contribution in [0, 0.1) is 0 Å². The van der Waals surface area contributed by atoms with Gasteiger partial charge in [0.15, 0.2) is 5.84 Å². The van der Waals surface area contributed by atoms with Gasteiger partial charge in [0, 0.05) is 22.8 Å². The number of furan rings is 1. The summed E-state index contributed by atoms with van der Waals surface area (Å²) in [4.78, 5) is 10.6. The molecule has 1 aliphatic heterocycles. The number of allylic oxidation sites excluding steroid dienone is 1. The maximum Gasteiger partial charge on any atom is 0.160 e. The van der Waals surface area contributed by atoms with Crippen LogP contribution >= 0.6 is 0 Å². The maximum absolute atomic E-state index is 6.56. The lowest BCUT2D eigenvalue weighted by Gasteiger charge is -2.08. The molecule has 3 nitrogen and oxygen atoms in total. The van der Waals surface area contributed by atoms with Crippen molar-refractivity contribution in [2.24, 2.45) is 9.98 Å². The third-order valence-electron chi connectivity index (χ3n) is 10.6. The first-order chi connectivity index (χ1) is 27.7. The van der Waals surface area contributed by atoms with Gasteiger partial charge in [-0.3, -0.25) is 0 Å². The van der Waals surface area contributed by atoms with Crippen LogP contribution in [-0.2, 0) is 0 Å². The maximum atomic E-state index is 6.56. The van der Waals surface area contributed by atoms with Gasteiger partial charge in [-0.15, -0.1) is 0 Å². The second-order valence-corrected chi connectivity index (χ2v) is 14.1. The van der Waals surface area contributed by atoms with E-state index in [1.807, 2.05) is 30.3 Å². The van der Waals surface area contributed by atoms with Crippen LogP contribution < -0.4 is 0 Å². The first-order valence-corrected chi connectivity index (χ1v) is 19.0. The minimum absolute atomic E-state index is 0.656. The second-order valence-electron chi connectivity index (χ2n) is 14.1. The van der Waals surface area contributed by atoms with Crippen molar-refractivity contribution in [1.82, 2.24) is 0 Å². The Kier molecular flexibility index (Phi) is 8.58. The Morgan fingerprint density at radius 1 is 0.357 bits per heavy atom. The minimum Gasteiger partial charge on any atom is -0.456 e. The van der Waals surface area contributed by atoms with Gasteiger partial charge in [0.2, 0.25) is 0 Å². The molecule has 1 aliphatic rings. The average Bonchev–Trinajstić information content (AvgIpc) is 3.51. The van der Waals surface area contributed by atoms with E-state index in [1.54, 1.807) is 0 Å². The highest BCUT2D eigenvalue weighted by atomic mass is 16.3. The van der Waals surface area contributed by atoms with Crippen molar-refractivity contribution in [1.29, 1.82) is 0 Å². The van der Waals surface area contributed by atoms with Gasteiger partial charge in [0.05, 0.1) is 11.4 Å². The zero-order valence-electron chi connectivity index (χ0n) is 30.6. The van der Waals surface area contributed by atoms with Gasteiger partial charge < -0.3 is 4.42 Å². The smallest absolute Gasteiger partial charge is 0.160 e. The first kappa shape index (κ1) is 33.2. The van der Waals surface area contributed by atoms with Crippen LogP contribution in [0.5, 0.6) is 0 Å². The fraction of sp³-hybridized carbons (Fsp3) is 0.0189. The molecule has 8 aromatic carbocycles. The SMILES string of the molecule is C1=C(c2ccc(-c3ccc(-c4ccccc4)cc3)cc2)N=C(c2cccc3oc4cc(-c5ccc(-c6ccccc6)cc5)ccc4c23)N=C(c2ccccc2)C1. The highest BCUT2D eigenvalue weighted by molar-refractivity contribution is 6.23. The fourth-order valence-electron chi connectivity index (χ4n) is 7.66. The molecule has 2 heterocycles. The number of hydrogen-bond donors (Lipinski definition) is 0. The Bertz CT molecular complexity index is 2920. The highest BCUT2D eigenvalue weighted by Gasteiger charge is 2.19. The molecule has 0 saturated carbocycles. The van der Waals surface area contributed by atoms with Crippen LogP contribution in [0.25, 0.3) is 72.1 Å². The summed E-state index contributed by atoms with van der Waals surface area (Å²) in [5.41, 5.74) is 16.0. The van der Waals surface area contributed by atoms with Gasteiger partial charge in [-0.05, 0) is 73.8 Å². The molecule has 0 N–H and O–H groups in total. The molecule has 0 saturated heterocycles. The van der Waals surface area contributed by atoms with E-state index in [0.29, 0.717) is 12.3 Å². The number of benzene rings is 8. The van der Waals surface area contributed by atoms with Crippen molar-refractivity contribution in [3.05, 3.63) is 223 Å². The van der Waals surface area contributed by atoms with E-state index in [-0.39, 0.29) is 0 Å². The van der Waals surface area contributed by atoms with Crippen LogP contribution in [0.2, 0.25) is 0 Å². The Morgan fingerprint density at radius 2 is 0.821 bits per heavy atom. The molecule has 0 fully saturated rings. The summed E-state index contributed by atoms with van der Waals surface area (Å²) in [5, 5.41) is 2.05. The summed E-state index contributed by atoms with van der Waals surface area (Å²) in [6, 6.07) is 70.2. The number of fused-ring (bicyclic) bond motifs is 3. The summed E-state index contributed by atoms with van der Waals surface area (Å²) in [5.74, 6) is 0.669. The molecule has 10 rings (SSSR count). The molecule has 0 bridgehead atoms. The van der Waals surface area contributed by atoms with E-state index >= 15 is 0 Å². The topological polar surface area (TPSA) is 37.9 Å². The Morgan fingerprint density at radius 3 is 1.38 bits per heavy atom. The molecule has 0 radical (unpaired) electrons. The molecular formula is C53H36N2O. The van der Waals surface area contributed by atoms with Gasteiger partial charge in [0.25, 0.3) is 0 Å². The van der Waals surface area contributed by atoms with Gasteiger partial charge in [-0.25, -0.2) is 9.98 Å². The predicted octanol–water partition coefficient (Wildman–Crippen LogP) is 13.9. The molecule has 0 atom stereocenters. The van der Waals surface area contributed by atoms with Crippen LogP contribution in [0.15, 0.2) is 221 Å². The van der Waals surface area contributed by atoms with Gasteiger partial charge in [0.1, 0.15) is 11.2 Å². The normalized spacial score (nSPS) is 12.9. The largest absolute Gasteiger partial charge is 0.456 e. The predicted molar refractivity (Wildman–Crippen MR) is 234 cm³/mol. The van der Waals surface area contributed by atoms with Crippen molar-refractivity contribution in [2.75, 3.05) is 0 Å². The Hall–Kier alpha value is -7.36. The lowest BCUT2D eigenvalue weighted by atomic mass is 9.98. The van der Waals surface area contributed by atoms with E-state index in [0.717, 1.165) is 66.7 Å². The van der Waals surface area contributed by atoms with E-state index in [1.165, 1.54) is 27.8 Å². The van der Waals surface area contributed by atoms with Gasteiger partial charge in [-0.1, -0.05) is 188 Å². The number of rotatable bonds is 7. The molecule has 3 heteroatoms. The van der Waals surface area contributed by atoms with Crippen molar-refractivity contribution in [3.8, 4) is 44.5 Å². The Balaban J connectivity index is 1.01. The third-order valence-corrected chi connectivity index (χ3v) is 10.6. The number of nitrogens with zero attached hydrogens (tertiary/aromatic N) is 2. The third kappa shape index (κ3) is 6.46. The Labute approximate surface area is 326 Å². The second kappa shape index (κ2) is 14.5. The first-order valence-electron chi connectivity index (χ1n) is 19.0. The molecular weight excluding hydrogens is 681 g/mol. The standard InChI is InChI=1S/C53H36N2O/c1-4-11-36(12-5-1)38-19-21-40(22-20-38)41-27-29-44(30-28-41)49-34-33-48(43-15-8-3-9-16-43)54-53(55-49)47-17-10-18-50-52(47)46-32-31-45(35-51(46)56-50)42-25-23-39(24-26-42)37-13-6-2-7-14-37/h1-32,34-35H,33H2. The molecule has 0 amide bonds. The van der Waals surface area contributed by atoms with Gasteiger partial charge >= 0.3 is 0 Å². The van der Waals surface area contributed by atoms with Gasteiger partial charge in [-0.2, -0.15) is 0 Å². The molecule has 0 aliphatic carbocycles. The van der Waals surface area contributed by atoms with Crippen LogP contribution in [0.3, 0.4) is 0 Å². The van der Waals surface area contributed by atoms with Crippen molar-refractivity contribution >= 4 is 39.2 Å². The number of aliphatic imine (C=N–C) groups is 2. The molecule has 56 heavy (non-hydrogen) atoms. The molecule has 9 aromatic rings. The zero-order valence-corrected chi connectivity index (χ0v) is 30.6. The van der Waals surface area contributed by atoms with E-state index in [9.17, 15) is 0 Å². The van der Waals surface area contributed by atoms with E-state index in [4.69, 9.17) is 14.4 Å². The number of amidine groups is 1. The summed E-state index contributed by atoms with van der Waals surface area (Å²) in [7, 11) is 0. The quantitative estimate of drug-likeness (QED) is 0.162. The number of hydrogen-bond acceptors (Lipinski definition) is 3. The summed E-state index contributed by atoms with van der Waals surface area (Å²) < 4.78 is 6.56. The monoisotopic (exact) mass is 716 g/mol. The molecule has 0 spiro atoms. The van der Waals surface area contributed by atoms with E-state index < -0.39 is 0 Å². The van der Waals surface area contributed by atoms with Crippen molar-refractivity contribution in [2.45, 2.75) is 6.42 Å². The molecule has 1 aromatic heterocycles. The minimum atomic E-state index is 0.656. The lowest BCUT2D eigenvalue weighted by Crippen LogP contribution is -2.05. The van der Waals surface area contributed by atoms with Crippen molar-refractivity contribution in [3.63, 3.8) is 0 Å². The summed E-state index contributed by atoms with van der Waals surface area (Å²) in [6.07, 6.45) is 2.86. The molecule has 264 valence electrons. The van der Waals surface area contributed by atoms with E-state index in [2.05, 4.69) is 176 Å². The van der Waals surface area contributed by atoms with Crippen molar-refractivity contribution < 1.29 is 4.42 Å². The average molecular weight is 717 g/mol.